The second-order valence-corrected chi connectivity index (χ2v) is 12.3. The Hall–Kier alpha value is -2.26. The van der Waals surface area contributed by atoms with Gasteiger partial charge in [-0.1, -0.05) is 19.8 Å². The van der Waals surface area contributed by atoms with Crippen LogP contribution in [0.15, 0.2) is 24.3 Å². The topological polar surface area (TPSA) is 102 Å². The zero-order valence-electron chi connectivity index (χ0n) is 23.1. The molecule has 3 N–H and O–H groups in total. The van der Waals surface area contributed by atoms with Crippen molar-refractivity contribution in [2.24, 2.45) is 11.8 Å². The first-order valence-corrected chi connectivity index (χ1v) is 15.3. The van der Waals surface area contributed by atoms with Gasteiger partial charge in [0.15, 0.2) is 0 Å². The highest BCUT2D eigenvalue weighted by Crippen LogP contribution is 2.66. The van der Waals surface area contributed by atoms with E-state index >= 15 is 0 Å². The predicted octanol–water partition coefficient (Wildman–Crippen LogP) is 3.64. The Kier molecular flexibility index (Phi) is 9.63. The fourth-order valence-corrected chi connectivity index (χ4v) is 8.88. The number of carbonyl (C=O) groups excluding carboxylic acids is 3. The number of nitrogens with one attached hydrogen (secondary N) is 2. The van der Waals surface area contributed by atoms with Gasteiger partial charge in [-0.3, -0.25) is 14.4 Å². The van der Waals surface area contributed by atoms with Crippen LogP contribution in [0.2, 0.25) is 0 Å². The zero-order chi connectivity index (χ0) is 27.3. The normalized spacial score (nSPS) is 27.5. The highest BCUT2D eigenvalue weighted by atomic mass is 32.2. The summed E-state index contributed by atoms with van der Waals surface area (Å²) >= 11 is 1.71. The Labute approximate surface area is 231 Å². The summed E-state index contributed by atoms with van der Waals surface area (Å²) in [6, 6.07) is 7.30. The maximum atomic E-state index is 13.9. The molecule has 3 aliphatic heterocycles. The molecule has 9 heteroatoms. The molecule has 5 atom stereocenters. The summed E-state index contributed by atoms with van der Waals surface area (Å²) in [7, 11) is 0. The predicted molar refractivity (Wildman–Crippen MR) is 153 cm³/mol. The average molecular weight is 545 g/mol. The van der Waals surface area contributed by atoms with Crippen LogP contribution in [0.1, 0.15) is 65.7 Å². The molecule has 0 saturated carbocycles. The zero-order valence-corrected chi connectivity index (χ0v) is 23.9. The van der Waals surface area contributed by atoms with E-state index in [0.29, 0.717) is 13.1 Å². The quantitative estimate of drug-likeness (QED) is 0.309. The fraction of sp³-hybridized carbons (Fsp3) is 0.690. The van der Waals surface area contributed by atoms with Crippen LogP contribution in [0.3, 0.4) is 0 Å². The van der Waals surface area contributed by atoms with E-state index in [-0.39, 0.29) is 35.5 Å². The molecule has 8 nitrogen and oxygen atoms in total. The molecule has 3 heterocycles. The summed E-state index contributed by atoms with van der Waals surface area (Å²) in [4.78, 5) is 45.1. The number of benzene rings is 1. The number of unbranched alkanes of at least 4 members (excludes halogenated alkanes) is 3. The van der Waals surface area contributed by atoms with Crippen LogP contribution in [0.25, 0.3) is 0 Å². The van der Waals surface area contributed by atoms with Crippen LogP contribution in [0.5, 0.6) is 0 Å². The molecule has 0 aliphatic carbocycles. The minimum absolute atomic E-state index is 0.0415. The first-order valence-electron chi connectivity index (χ1n) is 14.4. The molecule has 1 aromatic rings. The van der Waals surface area contributed by atoms with Gasteiger partial charge in [-0.25, -0.2) is 0 Å². The molecular weight excluding hydrogens is 500 g/mol. The summed E-state index contributed by atoms with van der Waals surface area (Å²) in [5.74, 6) is -1.08. The average Bonchev–Trinajstić information content (AvgIpc) is 3.56. The number of fused-ring (bicyclic) bond motifs is 1. The monoisotopic (exact) mass is 544 g/mol. The van der Waals surface area contributed by atoms with Crippen LogP contribution in [-0.2, 0) is 14.4 Å². The number of rotatable bonds is 14. The van der Waals surface area contributed by atoms with Crippen LogP contribution < -0.4 is 15.5 Å². The first-order chi connectivity index (χ1) is 18.4. The highest BCUT2D eigenvalue weighted by molar-refractivity contribution is 8.02. The number of aliphatic hydroxyl groups is 1. The number of aliphatic hydroxyl groups excluding tert-OH is 1. The molecule has 1 aromatic carbocycles. The van der Waals surface area contributed by atoms with Crippen molar-refractivity contribution in [2.45, 2.75) is 81.8 Å². The first kappa shape index (κ1) is 28.7. The van der Waals surface area contributed by atoms with Crippen molar-refractivity contribution in [2.75, 3.05) is 43.0 Å². The molecule has 3 fully saturated rings. The Bertz CT molecular complexity index is 985. The van der Waals surface area contributed by atoms with Gasteiger partial charge in [-0.15, -0.1) is 11.8 Å². The van der Waals surface area contributed by atoms with Gasteiger partial charge in [-0.05, 0) is 70.2 Å². The van der Waals surface area contributed by atoms with Crippen LogP contribution in [0, 0.1) is 11.8 Å². The highest BCUT2D eigenvalue weighted by Gasteiger charge is 2.73. The summed E-state index contributed by atoms with van der Waals surface area (Å²) in [6.07, 6.45) is 5.77. The van der Waals surface area contributed by atoms with E-state index in [2.05, 4.69) is 29.4 Å². The summed E-state index contributed by atoms with van der Waals surface area (Å²) < 4.78 is -0.563. The fourth-order valence-electron chi connectivity index (χ4n) is 6.66. The third-order valence-electron chi connectivity index (χ3n) is 8.47. The summed E-state index contributed by atoms with van der Waals surface area (Å²) in [5, 5.41) is 15.3. The van der Waals surface area contributed by atoms with Crippen molar-refractivity contribution in [3.8, 4) is 0 Å². The molecule has 210 valence electrons. The minimum Gasteiger partial charge on any atom is -0.396 e. The molecule has 38 heavy (non-hydrogen) atoms. The van der Waals surface area contributed by atoms with Gasteiger partial charge in [0.25, 0.3) is 0 Å². The van der Waals surface area contributed by atoms with Crippen LogP contribution in [-0.4, -0.2) is 76.6 Å². The number of likely N-dealkylation sites (tertiary alicyclic amines) is 1. The number of thioether (sulfide) groups is 1. The summed E-state index contributed by atoms with van der Waals surface area (Å²) in [6.45, 7) is 9.34. The van der Waals surface area contributed by atoms with Gasteiger partial charge in [0.05, 0.1) is 16.6 Å². The summed E-state index contributed by atoms with van der Waals surface area (Å²) in [5.41, 5.74) is 1.83. The third-order valence-corrected chi connectivity index (χ3v) is 10.4. The molecule has 0 aromatic heterocycles. The SMILES string of the molecule is CCCNC(=O)[C@@H]1[C@H]2C(=O)N(CCCCCCO)C(C(=O)Nc3ccc(N(CC)CC)cc3)C23CC[C@H]1S3. The number of anilines is 2. The van der Waals surface area contributed by atoms with Crippen LogP contribution >= 0.6 is 11.8 Å². The lowest BCUT2D eigenvalue weighted by Gasteiger charge is -2.34. The van der Waals surface area contributed by atoms with Gasteiger partial charge < -0.3 is 25.5 Å². The Morgan fingerprint density at radius 1 is 1.08 bits per heavy atom. The minimum atomic E-state index is -0.598. The van der Waals surface area contributed by atoms with E-state index in [0.717, 1.165) is 69.4 Å². The molecule has 0 radical (unpaired) electrons. The van der Waals surface area contributed by atoms with E-state index in [1.807, 2.05) is 31.2 Å². The van der Waals surface area contributed by atoms with E-state index in [9.17, 15) is 14.4 Å². The second-order valence-electron chi connectivity index (χ2n) is 10.7. The number of amides is 3. The van der Waals surface area contributed by atoms with Crippen molar-refractivity contribution >= 4 is 40.9 Å². The van der Waals surface area contributed by atoms with Crippen molar-refractivity contribution < 1.29 is 19.5 Å². The molecule has 3 amide bonds. The van der Waals surface area contributed by atoms with Gasteiger partial charge in [0.2, 0.25) is 17.7 Å². The number of carbonyl (C=O) groups is 3. The standard InChI is InChI=1S/C29H44N4O4S/c1-4-17-30-26(35)23-22-15-16-29(38-22)24(23)28(37)33(18-9-7-8-10-19-34)25(29)27(36)31-20-11-13-21(14-12-20)32(5-2)6-3/h11-14,22-25,34H,4-10,15-19H2,1-3H3,(H,30,35)(H,31,36)/t22-,23+,24+,25?,29?/m1/s1. The number of hydrogen-bond donors (Lipinski definition) is 3. The van der Waals surface area contributed by atoms with Crippen LogP contribution in [0.4, 0.5) is 11.4 Å². The smallest absolute Gasteiger partial charge is 0.248 e. The number of hydrogen-bond acceptors (Lipinski definition) is 6. The molecule has 4 rings (SSSR count). The van der Waals surface area contributed by atoms with E-state index in [4.69, 9.17) is 5.11 Å². The van der Waals surface area contributed by atoms with Gasteiger partial charge in [0, 0.05) is 49.4 Å². The molecule has 3 saturated heterocycles. The van der Waals surface area contributed by atoms with Gasteiger partial charge in [-0.2, -0.15) is 0 Å². The number of nitrogens with zero attached hydrogens (tertiary/aromatic N) is 2. The van der Waals surface area contributed by atoms with E-state index in [1.54, 1.807) is 16.7 Å². The Morgan fingerprint density at radius 3 is 2.45 bits per heavy atom. The van der Waals surface area contributed by atoms with Crippen molar-refractivity contribution in [3.05, 3.63) is 24.3 Å². The Balaban J connectivity index is 1.57. The molecular formula is C29H44N4O4S. The van der Waals surface area contributed by atoms with Crippen molar-refractivity contribution in [3.63, 3.8) is 0 Å². The maximum absolute atomic E-state index is 13.9. The van der Waals surface area contributed by atoms with Gasteiger partial charge >= 0.3 is 0 Å². The molecule has 1 spiro atoms. The van der Waals surface area contributed by atoms with E-state index in [1.165, 1.54) is 0 Å². The van der Waals surface area contributed by atoms with Crippen molar-refractivity contribution in [1.82, 2.24) is 10.2 Å². The van der Waals surface area contributed by atoms with E-state index < -0.39 is 16.7 Å². The lowest BCUT2D eigenvalue weighted by Crippen LogP contribution is -2.51. The Morgan fingerprint density at radius 2 is 1.79 bits per heavy atom. The lowest BCUT2D eigenvalue weighted by molar-refractivity contribution is -0.139. The van der Waals surface area contributed by atoms with Crippen molar-refractivity contribution in [1.29, 1.82) is 0 Å². The largest absolute Gasteiger partial charge is 0.396 e. The van der Waals surface area contributed by atoms with Gasteiger partial charge in [0.1, 0.15) is 6.04 Å². The third kappa shape index (κ3) is 5.41. The molecule has 3 aliphatic rings. The molecule has 2 unspecified atom stereocenters. The maximum Gasteiger partial charge on any atom is 0.248 e. The molecule has 2 bridgehead atoms. The lowest BCUT2D eigenvalue weighted by atomic mass is 9.70. The second kappa shape index (κ2) is 12.7.